The number of halogens is 2. The maximum Gasteiger partial charge on any atom is 0.464 e. The Bertz CT molecular complexity index is 291. The lowest BCUT2D eigenvalue weighted by molar-refractivity contribution is 1.48. The Hall–Kier alpha value is -0.845. The van der Waals surface area contributed by atoms with Crippen LogP contribution in [0.5, 0.6) is 0 Å². The third kappa shape index (κ3) is 2.65. The van der Waals surface area contributed by atoms with Gasteiger partial charge in [0.2, 0.25) is 0 Å². The molecule has 0 spiro atoms. The van der Waals surface area contributed by atoms with Crippen LogP contribution in [0.4, 0.5) is 5.69 Å². The van der Waals surface area contributed by atoms with Crippen LogP contribution in [0.25, 0.3) is 0 Å². The van der Waals surface area contributed by atoms with Crippen LogP contribution in [0, 0.1) is 11.3 Å². The van der Waals surface area contributed by atoms with Gasteiger partial charge in [0, 0.05) is 5.69 Å². The largest absolute Gasteiger partial charge is 0.464 e. The van der Waals surface area contributed by atoms with Gasteiger partial charge in [-0.15, -0.1) is 22.9 Å². The first-order chi connectivity index (χ1) is 5.72. The topological polar surface area (TPSA) is 35.8 Å². The van der Waals surface area contributed by atoms with Crippen LogP contribution in [0.3, 0.4) is 0 Å². The highest BCUT2D eigenvalue weighted by Gasteiger charge is 2.04. The molecule has 0 aliphatic heterocycles. The van der Waals surface area contributed by atoms with Gasteiger partial charge in [0.1, 0.15) is 0 Å². The highest BCUT2D eigenvalue weighted by Crippen LogP contribution is 2.11. The van der Waals surface area contributed by atoms with Crippen LogP contribution in [-0.4, -0.2) is 5.68 Å². The number of nitriles is 1. The Morgan fingerprint density at radius 2 is 1.83 bits per heavy atom. The lowest BCUT2D eigenvalue weighted by Gasteiger charge is -2.02. The molecule has 5 heteroatoms. The minimum absolute atomic E-state index is 0.612. The molecule has 0 amide bonds. The molecule has 0 saturated heterocycles. The van der Waals surface area contributed by atoms with E-state index in [9.17, 15) is 0 Å². The average Bonchev–Trinajstić information content (AvgIpc) is 2.05. The first-order valence-electron chi connectivity index (χ1n) is 3.27. The van der Waals surface area contributed by atoms with Gasteiger partial charge in [-0.05, 0) is 24.3 Å². The molecule has 0 aromatic heterocycles. The van der Waals surface area contributed by atoms with E-state index < -0.39 is 5.68 Å². The summed E-state index contributed by atoms with van der Waals surface area (Å²) in [6.45, 7) is 0. The van der Waals surface area contributed by atoms with Gasteiger partial charge in [0.05, 0.1) is 11.6 Å². The Balaban J connectivity index is 2.73. The number of hydrogen-bond acceptors (Lipinski definition) is 2. The molecule has 0 atom stereocenters. The van der Waals surface area contributed by atoms with E-state index in [1.165, 1.54) is 0 Å². The number of anilines is 1. The predicted molar refractivity (Wildman–Crippen MR) is 52.2 cm³/mol. The zero-order chi connectivity index (χ0) is 8.97. The zero-order valence-electron chi connectivity index (χ0n) is 6.09. The minimum Gasteiger partial charge on any atom is -0.401 e. The van der Waals surface area contributed by atoms with Gasteiger partial charge < -0.3 is 5.23 Å². The van der Waals surface area contributed by atoms with Crippen molar-refractivity contribution in [2.24, 2.45) is 0 Å². The first kappa shape index (κ1) is 9.24. The summed E-state index contributed by atoms with van der Waals surface area (Å²) in [7, 11) is 0. The van der Waals surface area contributed by atoms with Gasteiger partial charge in [-0.25, -0.2) is 0 Å². The van der Waals surface area contributed by atoms with Crippen molar-refractivity contribution in [2.45, 2.75) is 0 Å². The molecule has 12 heavy (non-hydrogen) atoms. The molecule has 0 fully saturated rings. The average molecular weight is 199 g/mol. The number of nitrogens with zero attached hydrogens (tertiary/aromatic N) is 1. The van der Waals surface area contributed by atoms with Crippen LogP contribution < -0.4 is 5.23 Å². The zero-order valence-corrected chi connectivity index (χ0v) is 7.60. The predicted octanol–water partition coefficient (Wildman–Crippen LogP) is 2.43. The van der Waals surface area contributed by atoms with Crippen molar-refractivity contribution in [1.29, 1.82) is 5.26 Å². The van der Waals surface area contributed by atoms with Crippen molar-refractivity contribution in [3.63, 3.8) is 0 Å². The second kappa shape index (κ2) is 4.25. The quantitative estimate of drug-likeness (QED) is 0.742. The Kier molecular flexibility index (Phi) is 3.27. The fourth-order valence-corrected chi connectivity index (χ4v) is 1.02. The van der Waals surface area contributed by atoms with E-state index in [1.807, 2.05) is 6.07 Å². The molecule has 0 saturated carbocycles. The van der Waals surface area contributed by atoms with Crippen molar-refractivity contribution < 1.29 is 0 Å². The summed E-state index contributed by atoms with van der Waals surface area (Å²) in [5.41, 5.74) is 0.781. The third-order valence-corrected chi connectivity index (χ3v) is 1.51. The van der Waals surface area contributed by atoms with E-state index in [1.54, 1.807) is 24.3 Å². The maximum absolute atomic E-state index is 8.49. The summed E-state index contributed by atoms with van der Waals surface area (Å²) >= 11 is 11.0. The van der Waals surface area contributed by atoms with Crippen LogP contribution in [0.1, 0.15) is 5.56 Å². The van der Waals surface area contributed by atoms with Crippen molar-refractivity contribution in [1.82, 2.24) is 0 Å². The second-order valence-corrected chi connectivity index (χ2v) is 3.23. The van der Waals surface area contributed by atoms with Crippen molar-refractivity contribution >= 4 is 34.3 Å². The van der Waals surface area contributed by atoms with Crippen molar-refractivity contribution in [3.05, 3.63) is 29.8 Å². The third-order valence-electron chi connectivity index (χ3n) is 1.29. The van der Waals surface area contributed by atoms with E-state index in [0.717, 1.165) is 5.69 Å². The minimum atomic E-state index is -0.627. The molecule has 0 radical (unpaired) electrons. The molecule has 1 rings (SSSR count). The van der Waals surface area contributed by atoms with E-state index in [2.05, 4.69) is 5.23 Å². The Labute approximate surface area is 81.0 Å². The molecule has 60 valence electrons. The van der Waals surface area contributed by atoms with E-state index in [-0.39, 0.29) is 0 Å². The standard InChI is InChI=1S/C7H5BCl2N2/c9-8(10)12-7-3-1-6(5-11)2-4-7/h1-4,12H. The molecule has 0 bridgehead atoms. The van der Waals surface area contributed by atoms with Gasteiger partial charge >= 0.3 is 5.68 Å². The van der Waals surface area contributed by atoms with Gasteiger partial charge in [-0.1, -0.05) is 0 Å². The van der Waals surface area contributed by atoms with Crippen LogP contribution in [-0.2, 0) is 0 Å². The molecule has 1 aromatic carbocycles. The van der Waals surface area contributed by atoms with Gasteiger partial charge in [-0.3, -0.25) is 0 Å². The lowest BCUT2D eigenvalue weighted by atomic mass is 10.2. The summed E-state index contributed by atoms with van der Waals surface area (Å²) in [6, 6.07) is 8.89. The number of hydrogen-bond donors (Lipinski definition) is 1. The van der Waals surface area contributed by atoms with Gasteiger partial charge in [0.25, 0.3) is 0 Å². The number of benzene rings is 1. The Morgan fingerprint density at radius 1 is 1.25 bits per heavy atom. The number of nitrogens with one attached hydrogen (secondary N) is 1. The fourth-order valence-electron chi connectivity index (χ4n) is 0.767. The molecule has 2 nitrogen and oxygen atoms in total. The molecule has 1 N–H and O–H groups in total. The maximum atomic E-state index is 8.49. The highest BCUT2D eigenvalue weighted by atomic mass is 35.5. The van der Waals surface area contributed by atoms with Crippen molar-refractivity contribution in [2.75, 3.05) is 5.23 Å². The smallest absolute Gasteiger partial charge is 0.401 e. The van der Waals surface area contributed by atoms with Crippen LogP contribution in [0.2, 0.25) is 0 Å². The van der Waals surface area contributed by atoms with Crippen LogP contribution >= 0.6 is 22.9 Å². The molecule has 0 heterocycles. The summed E-state index contributed by atoms with van der Waals surface area (Å²) < 4.78 is 0. The monoisotopic (exact) mass is 198 g/mol. The van der Waals surface area contributed by atoms with E-state index >= 15 is 0 Å². The highest BCUT2D eigenvalue weighted by molar-refractivity contribution is 7.35. The van der Waals surface area contributed by atoms with Gasteiger partial charge in [-0.2, -0.15) is 5.26 Å². The Morgan fingerprint density at radius 3 is 2.25 bits per heavy atom. The lowest BCUT2D eigenvalue weighted by Crippen LogP contribution is -2.09. The normalized spacial score (nSPS) is 8.75. The SMILES string of the molecule is N#Cc1ccc(NB(Cl)Cl)cc1. The first-order valence-corrected chi connectivity index (χ1v) is 4.14. The number of rotatable bonds is 2. The fraction of sp³-hybridized carbons (Fsp3) is 0. The summed E-state index contributed by atoms with van der Waals surface area (Å²) in [5.74, 6) is 0. The van der Waals surface area contributed by atoms with E-state index in [4.69, 9.17) is 28.2 Å². The summed E-state index contributed by atoms with van der Waals surface area (Å²) in [6.07, 6.45) is 0. The second-order valence-electron chi connectivity index (χ2n) is 2.13. The molecule has 0 unspecified atom stereocenters. The molecule has 0 aliphatic rings. The molecule has 0 aliphatic carbocycles. The van der Waals surface area contributed by atoms with E-state index in [0.29, 0.717) is 5.56 Å². The summed E-state index contributed by atoms with van der Waals surface area (Å²) in [5, 5.41) is 11.3. The molecular formula is C7H5BCl2N2. The van der Waals surface area contributed by atoms with Gasteiger partial charge in [0.15, 0.2) is 0 Å². The molecular weight excluding hydrogens is 194 g/mol. The van der Waals surface area contributed by atoms with Crippen molar-refractivity contribution in [3.8, 4) is 6.07 Å². The molecule has 1 aromatic rings. The summed E-state index contributed by atoms with van der Waals surface area (Å²) in [4.78, 5) is 0. The van der Waals surface area contributed by atoms with Crippen LogP contribution in [0.15, 0.2) is 24.3 Å².